The molecule has 3 heteroatoms. The van der Waals surface area contributed by atoms with E-state index in [4.69, 9.17) is 0 Å². The zero-order chi connectivity index (χ0) is 10.8. The highest BCUT2D eigenvalue weighted by molar-refractivity contribution is 6.83. The molecule has 1 rings (SSSR count). The zero-order valence-corrected chi connectivity index (χ0v) is 9.66. The minimum absolute atomic E-state index is 0.107. The van der Waals surface area contributed by atoms with Gasteiger partial charge in [0.2, 0.25) is 0 Å². The highest BCUT2D eigenvalue weighted by Crippen LogP contribution is 2.12. The summed E-state index contributed by atoms with van der Waals surface area (Å²) in [7, 11) is -1.48. The van der Waals surface area contributed by atoms with Crippen molar-refractivity contribution in [2.45, 2.75) is 25.2 Å². The predicted octanol–water partition coefficient (Wildman–Crippen LogP) is 1.29. The van der Waals surface area contributed by atoms with Crippen LogP contribution in [0.4, 0.5) is 0 Å². The fraction of sp³-hybridized carbons (Fsp3) is 0.364. The molecule has 0 unspecified atom stereocenters. The van der Waals surface area contributed by atoms with Crippen molar-refractivity contribution in [1.29, 1.82) is 0 Å². The maximum atomic E-state index is 10.8. The van der Waals surface area contributed by atoms with Gasteiger partial charge in [-0.2, -0.15) is 0 Å². The highest BCUT2D eigenvalue weighted by atomic mass is 28.3. The van der Waals surface area contributed by atoms with E-state index < -0.39 is 13.7 Å². The van der Waals surface area contributed by atoms with Crippen LogP contribution in [-0.4, -0.2) is 24.6 Å². The van der Waals surface area contributed by atoms with Gasteiger partial charge in [0, 0.05) is 0 Å². The van der Waals surface area contributed by atoms with Gasteiger partial charge in [0.1, 0.15) is 8.07 Å². The summed E-state index contributed by atoms with van der Waals surface area (Å²) in [5, 5.41) is 9.88. The Morgan fingerprint density at radius 2 is 1.79 bits per heavy atom. The highest BCUT2D eigenvalue weighted by Gasteiger charge is 2.20. The van der Waals surface area contributed by atoms with Crippen molar-refractivity contribution in [3.63, 3.8) is 0 Å². The first kappa shape index (κ1) is 11.0. The van der Waals surface area contributed by atoms with Crippen molar-refractivity contribution in [2.75, 3.05) is 0 Å². The standard InChI is InChI=1S/C11H14O2Si/c1-14(2,3)9-8-11(13)6-4-10(12)5-7-11/h4-7,13H,1-3H3. The van der Waals surface area contributed by atoms with E-state index in [0.29, 0.717) is 0 Å². The van der Waals surface area contributed by atoms with E-state index in [-0.39, 0.29) is 5.78 Å². The Bertz CT molecular complexity index is 345. The minimum atomic E-state index is -1.48. The van der Waals surface area contributed by atoms with E-state index in [1.165, 1.54) is 24.3 Å². The summed E-state index contributed by atoms with van der Waals surface area (Å²) >= 11 is 0. The van der Waals surface area contributed by atoms with Crippen molar-refractivity contribution >= 4 is 13.9 Å². The van der Waals surface area contributed by atoms with Crippen molar-refractivity contribution in [3.05, 3.63) is 24.3 Å². The molecule has 74 valence electrons. The molecule has 0 radical (unpaired) electrons. The third kappa shape index (κ3) is 3.33. The zero-order valence-electron chi connectivity index (χ0n) is 8.66. The molecule has 14 heavy (non-hydrogen) atoms. The summed E-state index contributed by atoms with van der Waals surface area (Å²) in [6.07, 6.45) is 5.56. The molecule has 0 bridgehead atoms. The number of allylic oxidation sites excluding steroid dienone is 2. The smallest absolute Gasteiger partial charge is 0.178 e. The summed E-state index contributed by atoms with van der Waals surface area (Å²) in [5.41, 5.74) is 1.83. The molecule has 0 fully saturated rings. The summed E-state index contributed by atoms with van der Waals surface area (Å²) in [4.78, 5) is 10.8. The third-order valence-electron chi connectivity index (χ3n) is 1.64. The molecular formula is C11H14O2Si. The Morgan fingerprint density at radius 3 is 2.21 bits per heavy atom. The molecule has 1 aliphatic carbocycles. The van der Waals surface area contributed by atoms with E-state index in [9.17, 15) is 9.90 Å². The van der Waals surface area contributed by atoms with Gasteiger partial charge in [0.25, 0.3) is 0 Å². The lowest BCUT2D eigenvalue weighted by molar-refractivity contribution is -0.110. The first-order valence-electron chi connectivity index (χ1n) is 4.50. The largest absolute Gasteiger partial charge is 0.370 e. The first-order chi connectivity index (χ1) is 6.31. The SMILES string of the molecule is C[Si](C)(C)C#CC1(O)C=CC(=O)C=C1. The Morgan fingerprint density at radius 1 is 1.29 bits per heavy atom. The van der Waals surface area contributed by atoms with Crippen molar-refractivity contribution in [2.24, 2.45) is 0 Å². The predicted molar refractivity (Wildman–Crippen MR) is 59.4 cm³/mol. The Balaban J connectivity index is 2.88. The summed E-state index contributed by atoms with van der Waals surface area (Å²) < 4.78 is 0. The molecule has 2 nitrogen and oxygen atoms in total. The minimum Gasteiger partial charge on any atom is -0.370 e. The number of ketones is 1. The molecule has 0 aromatic rings. The number of carbonyl (C=O) groups excluding carboxylic acids is 1. The lowest BCUT2D eigenvalue weighted by atomic mass is 9.99. The number of hydrogen-bond acceptors (Lipinski definition) is 2. The lowest BCUT2D eigenvalue weighted by Gasteiger charge is -2.16. The second-order valence-corrected chi connectivity index (χ2v) is 9.14. The second-order valence-electron chi connectivity index (χ2n) is 4.39. The van der Waals surface area contributed by atoms with Crippen LogP contribution in [0.2, 0.25) is 19.6 Å². The molecule has 0 spiro atoms. The maximum absolute atomic E-state index is 10.8. The third-order valence-corrected chi connectivity index (χ3v) is 2.52. The molecule has 0 heterocycles. The first-order valence-corrected chi connectivity index (χ1v) is 8.00. The van der Waals surface area contributed by atoms with Gasteiger partial charge >= 0.3 is 0 Å². The van der Waals surface area contributed by atoms with Crippen LogP contribution in [0.1, 0.15) is 0 Å². The second kappa shape index (κ2) is 3.56. The summed E-state index contributed by atoms with van der Waals surface area (Å²) in [5.74, 6) is 2.69. The average Bonchev–Trinajstić information content (AvgIpc) is 2.07. The molecule has 0 amide bonds. The number of rotatable bonds is 0. The average molecular weight is 206 g/mol. The van der Waals surface area contributed by atoms with E-state index >= 15 is 0 Å². The van der Waals surface area contributed by atoms with Gasteiger partial charge in [-0.25, -0.2) is 0 Å². The van der Waals surface area contributed by atoms with E-state index in [1.807, 2.05) is 0 Å². The van der Waals surface area contributed by atoms with E-state index in [2.05, 4.69) is 31.1 Å². The Hall–Kier alpha value is -1.11. The lowest BCUT2D eigenvalue weighted by Crippen LogP contribution is -2.26. The molecular weight excluding hydrogens is 192 g/mol. The molecule has 0 saturated carbocycles. The fourth-order valence-corrected chi connectivity index (χ4v) is 1.48. The summed E-state index contributed by atoms with van der Waals surface area (Å²) in [6, 6.07) is 0. The van der Waals surface area contributed by atoms with Crippen LogP contribution >= 0.6 is 0 Å². The monoisotopic (exact) mass is 206 g/mol. The van der Waals surface area contributed by atoms with Gasteiger partial charge in [0.15, 0.2) is 11.4 Å². The van der Waals surface area contributed by atoms with Gasteiger partial charge < -0.3 is 5.11 Å². The van der Waals surface area contributed by atoms with Gasteiger partial charge in [0.05, 0.1) is 0 Å². The van der Waals surface area contributed by atoms with Crippen LogP contribution in [0.5, 0.6) is 0 Å². The van der Waals surface area contributed by atoms with Crippen LogP contribution in [0.3, 0.4) is 0 Å². The molecule has 1 N–H and O–H groups in total. The van der Waals surface area contributed by atoms with E-state index in [0.717, 1.165) is 0 Å². The van der Waals surface area contributed by atoms with Crippen LogP contribution in [0.15, 0.2) is 24.3 Å². The molecule has 0 saturated heterocycles. The van der Waals surface area contributed by atoms with Crippen LogP contribution in [0, 0.1) is 11.5 Å². The molecule has 0 aromatic heterocycles. The maximum Gasteiger partial charge on any atom is 0.178 e. The summed E-state index contributed by atoms with van der Waals surface area (Å²) in [6.45, 7) is 6.31. The fourth-order valence-electron chi connectivity index (χ4n) is 0.900. The molecule has 0 aliphatic heterocycles. The topological polar surface area (TPSA) is 37.3 Å². The Labute approximate surface area is 85.3 Å². The molecule has 0 aromatic carbocycles. The van der Waals surface area contributed by atoms with Crippen LogP contribution < -0.4 is 0 Å². The van der Waals surface area contributed by atoms with Gasteiger partial charge in [-0.15, -0.1) is 5.54 Å². The number of aliphatic hydroxyl groups is 1. The number of carbonyl (C=O) groups is 1. The molecule has 1 aliphatic rings. The van der Waals surface area contributed by atoms with E-state index in [1.54, 1.807) is 0 Å². The quantitative estimate of drug-likeness (QED) is 0.479. The normalized spacial score (nSPS) is 19.0. The van der Waals surface area contributed by atoms with Gasteiger partial charge in [-0.3, -0.25) is 4.79 Å². The number of hydrogen-bond donors (Lipinski definition) is 1. The van der Waals surface area contributed by atoms with Crippen molar-refractivity contribution in [1.82, 2.24) is 0 Å². The van der Waals surface area contributed by atoms with Crippen molar-refractivity contribution in [3.8, 4) is 11.5 Å². The molecule has 0 atom stereocenters. The van der Waals surface area contributed by atoms with Crippen molar-refractivity contribution < 1.29 is 9.90 Å². The van der Waals surface area contributed by atoms with Gasteiger partial charge in [-0.1, -0.05) is 25.6 Å². The van der Waals surface area contributed by atoms with Crippen LogP contribution in [0.25, 0.3) is 0 Å². The van der Waals surface area contributed by atoms with Gasteiger partial charge in [-0.05, 0) is 24.3 Å². The van der Waals surface area contributed by atoms with Crippen LogP contribution in [-0.2, 0) is 4.79 Å². The Kier molecular flexibility index (Phi) is 2.79.